The van der Waals surface area contributed by atoms with Gasteiger partial charge in [0.1, 0.15) is 23.0 Å². The number of nitrogens with zero attached hydrogens (tertiary/aromatic N) is 1. The molecule has 0 aromatic carbocycles. The van der Waals surface area contributed by atoms with E-state index in [1.165, 1.54) is 14.0 Å². The third-order valence-electron chi connectivity index (χ3n) is 2.18. The number of nitrogens with one attached hydrogen (secondary N) is 1. The summed E-state index contributed by atoms with van der Waals surface area (Å²) in [5.74, 6) is -0.889. The zero-order chi connectivity index (χ0) is 13.9. The molecule has 0 fully saturated rings. The molecule has 7 heteroatoms. The van der Waals surface area contributed by atoms with E-state index in [1.807, 2.05) is 6.07 Å². The van der Waals surface area contributed by atoms with E-state index < -0.39 is 10.8 Å². The Balaban J connectivity index is 3.20. The lowest BCUT2D eigenvalue weighted by atomic mass is 10.1. The SMILES string of the molecule is COC(=O)c1c(C)oc(NC(=O)C(C)Br)c1C#N. The van der Waals surface area contributed by atoms with Crippen LogP contribution in [0.25, 0.3) is 0 Å². The molecule has 18 heavy (non-hydrogen) atoms. The predicted octanol–water partition coefficient (Wildman–Crippen LogP) is 1.97. The van der Waals surface area contributed by atoms with Crippen molar-refractivity contribution in [3.8, 4) is 6.07 Å². The minimum atomic E-state index is -0.680. The minimum Gasteiger partial charge on any atom is -0.465 e. The number of nitriles is 1. The van der Waals surface area contributed by atoms with Crippen molar-refractivity contribution < 1.29 is 18.7 Å². The lowest BCUT2D eigenvalue weighted by Gasteiger charge is -2.03. The fourth-order valence-electron chi connectivity index (χ4n) is 1.30. The first kappa shape index (κ1) is 14.3. The van der Waals surface area contributed by atoms with Crippen molar-refractivity contribution in [3.05, 3.63) is 16.9 Å². The second-order valence-electron chi connectivity index (χ2n) is 3.45. The summed E-state index contributed by atoms with van der Waals surface area (Å²) in [7, 11) is 1.20. The number of carbonyl (C=O) groups is 2. The highest BCUT2D eigenvalue weighted by Gasteiger charge is 2.25. The van der Waals surface area contributed by atoms with Crippen LogP contribution >= 0.6 is 15.9 Å². The molecule has 0 spiro atoms. The Labute approximate surface area is 112 Å². The molecule has 1 aromatic rings. The standard InChI is InChI=1S/C11H11BrN2O4/c1-5(12)9(15)14-10-7(4-13)8(6(2)18-10)11(16)17-3/h5H,1-3H3,(H,14,15). The third-order valence-corrected chi connectivity index (χ3v) is 2.60. The van der Waals surface area contributed by atoms with Gasteiger partial charge in [-0.2, -0.15) is 5.26 Å². The van der Waals surface area contributed by atoms with E-state index in [4.69, 9.17) is 9.68 Å². The van der Waals surface area contributed by atoms with Gasteiger partial charge in [0.25, 0.3) is 0 Å². The minimum absolute atomic E-state index is 0.0255. The van der Waals surface area contributed by atoms with Crippen LogP contribution in [0.2, 0.25) is 0 Å². The highest BCUT2D eigenvalue weighted by atomic mass is 79.9. The maximum absolute atomic E-state index is 11.5. The van der Waals surface area contributed by atoms with Crippen LogP contribution in [-0.4, -0.2) is 23.8 Å². The summed E-state index contributed by atoms with van der Waals surface area (Å²) in [4.78, 5) is 22.5. The van der Waals surface area contributed by atoms with E-state index in [-0.39, 0.29) is 28.7 Å². The highest BCUT2D eigenvalue weighted by Crippen LogP contribution is 2.27. The lowest BCUT2D eigenvalue weighted by Crippen LogP contribution is -2.20. The number of methoxy groups -OCH3 is 1. The van der Waals surface area contributed by atoms with Gasteiger partial charge in [0, 0.05) is 0 Å². The number of aryl methyl sites for hydroxylation is 1. The fourth-order valence-corrected chi connectivity index (χ4v) is 1.41. The van der Waals surface area contributed by atoms with Gasteiger partial charge in [-0.05, 0) is 13.8 Å². The van der Waals surface area contributed by atoms with Crippen molar-refractivity contribution in [2.45, 2.75) is 18.7 Å². The van der Waals surface area contributed by atoms with Gasteiger partial charge in [-0.3, -0.25) is 10.1 Å². The smallest absolute Gasteiger partial charge is 0.342 e. The van der Waals surface area contributed by atoms with Gasteiger partial charge in [0.2, 0.25) is 11.8 Å². The molecule has 1 rings (SSSR count). The molecule has 1 atom stereocenters. The maximum atomic E-state index is 11.5. The van der Waals surface area contributed by atoms with Gasteiger partial charge in [-0.1, -0.05) is 15.9 Å². The summed E-state index contributed by atoms with van der Waals surface area (Å²) >= 11 is 3.08. The van der Waals surface area contributed by atoms with Gasteiger partial charge in [-0.25, -0.2) is 4.79 Å². The lowest BCUT2D eigenvalue weighted by molar-refractivity contribution is -0.115. The Kier molecular flexibility index (Phi) is 4.50. The van der Waals surface area contributed by atoms with Gasteiger partial charge in [0.15, 0.2) is 0 Å². The number of amides is 1. The predicted molar refractivity (Wildman–Crippen MR) is 66.5 cm³/mol. The maximum Gasteiger partial charge on any atom is 0.342 e. The first-order valence-corrected chi connectivity index (χ1v) is 5.90. The summed E-state index contributed by atoms with van der Waals surface area (Å²) < 4.78 is 9.76. The molecular formula is C11H11BrN2O4. The summed E-state index contributed by atoms with van der Waals surface area (Å²) in [6.07, 6.45) is 0. The van der Waals surface area contributed by atoms with E-state index in [0.29, 0.717) is 0 Å². The van der Waals surface area contributed by atoms with Crippen LogP contribution in [0.1, 0.15) is 28.6 Å². The molecule has 1 aromatic heterocycles. The number of rotatable bonds is 3. The zero-order valence-corrected chi connectivity index (χ0v) is 11.6. The topological polar surface area (TPSA) is 92.3 Å². The van der Waals surface area contributed by atoms with E-state index in [9.17, 15) is 9.59 Å². The van der Waals surface area contributed by atoms with Crippen molar-refractivity contribution in [2.24, 2.45) is 0 Å². The molecule has 0 saturated heterocycles. The summed E-state index contributed by atoms with van der Waals surface area (Å²) in [6.45, 7) is 3.14. The summed E-state index contributed by atoms with van der Waals surface area (Å²) in [5.41, 5.74) is -0.0154. The van der Waals surface area contributed by atoms with Gasteiger partial charge < -0.3 is 9.15 Å². The number of hydrogen-bond donors (Lipinski definition) is 1. The molecule has 6 nitrogen and oxygen atoms in total. The normalized spacial score (nSPS) is 11.5. The summed E-state index contributed by atoms with van der Waals surface area (Å²) in [6, 6.07) is 1.82. The number of esters is 1. The van der Waals surface area contributed by atoms with Crippen molar-refractivity contribution in [2.75, 3.05) is 12.4 Å². The van der Waals surface area contributed by atoms with Gasteiger partial charge >= 0.3 is 5.97 Å². The Bertz CT molecular complexity index is 528. The Morgan fingerprint density at radius 2 is 2.17 bits per heavy atom. The molecule has 0 saturated carbocycles. The zero-order valence-electron chi connectivity index (χ0n) is 10.0. The summed E-state index contributed by atoms with van der Waals surface area (Å²) in [5, 5.41) is 11.4. The number of ether oxygens (including phenoxy) is 1. The third kappa shape index (κ3) is 2.71. The average Bonchev–Trinajstić information content (AvgIpc) is 2.63. The molecule has 1 unspecified atom stereocenters. The molecule has 0 aliphatic heterocycles. The van der Waals surface area contributed by atoms with Gasteiger partial charge in [0.05, 0.1) is 11.9 Å². The Morgan fingerprint density at radius 1 is 1.56 bits per heavy atom. The van der Waals surface area contributed by atoms with Crippen LogP contribution < -0.4 is 5.32 Å². The van der Waals surface area contributed by atoms with Gasteiger partial charge in [-0.15, -0.1) is 0 Å². The molecule has 96 valence electrons. The van der Waals surface area contributed by atoms with Crippen molar-refractivity contribution in [1.29, 1.82) is 5.26 Å². The molecule has 1 amide bonds. The van der Waals surface area contributed by atoms with E-state index in [1.54, 1.807) is 6.92 Å². The number of anilines is 1. The van der Waals surface area contributed by atoms with Crippen molar-refractivity contribution in [1.82, 2.24) is 0 Å². The van der Waals surface area contributed by atoms with Crippen molar-refractivity contribution >= 4 is 33.7 Å². The second-order valence-corrected chi connectivity index (χ2v) is 4.82. The van der Waals surface area contributed by atoms with E-state index >= 15 is 0 Å². The van der Waals surface area contributed by atoms with E-state index in [2.05, 4.69) is 26.0 Å². The van der Waals surface area contributed by atoms with Crippen molar-refractivity contribution in [3.63, 3.8) is 0 Å². The highest BCUT2D eigenvalue weighted by molar-refractivity contribution is 9.10. The molecule has 1 N–H and O–H groups in total. The van der Waals surface area contributed by atoms with Crippen LogP contribution in [0.5, 0.6) is 0 Å². The molecule has 0 aliphatic carbocycles. The number of carbonyl (C=O) groups excluding carboxylic acids is 2. The molecule has 0 aliphatic rings. The number of alkyl halides is 1. The van der Waals surface area contributed by atoms with Crippen LogP contribution in [-0.2, 0) is 9.53 Å². The van der Waals surface area contributed by atoms with Crippen LogP contribution in [0, 0.1) is 18.3 Å². The number of furan rings is 1. The molecule has 0 radical (unpaired) electrons. The number of halogens is 1. The molecule has 1 heterocycles. The quantitative estimate of drug-likeness (QED) is 0.680. The van der Waals surface area contributed by atoms with E-state index in [0.717, 1.165) is 0 Å². The average molecular weight is 315 g/mol. The Hall–Kier alpha value is -1.81. The largest absolute Gasteiger partial charge is 0.465 e. The Morgan fingerprint density at radius 3 is 2.61 bits per heavy atom. The monoisotopic (exact) mass is 314 g/mol. The molecular weight excluding hydrogens is 304 g/mol. The fraction of sp³-hybridized carbons (Fsp3) is 0.364. The van der Waals surface area contributed by atoms with Crippen LogP contribution in [0.3, 0.4) is 0 Å². The first-order chi connectivity index (χ1) is 8.42. The number of hydrogen-bond acceptors (Lipinski definition) is 5. The first-order valence-electron chi connectivity index (χ1n) is 4.99. The second kappa shape index (κ2) is 5.69. The molecule has 0 bridgehead atoms. The van der Waals surface area contributed by atoms with Crippen LogP contribution in [0.15, 0.2) is 4.42 Å². The van der Waals surface area contributed by atoms with Crippen LogP contribution in [0.4, 0.5) is 5.88 Å².